The monoisotopic (exact) mass is 533 g/mol. The molecule has 156 valence electrons. The average Bonchev–Trinajstić information content (AvgIpc) is 2.98. The topological polar surface area (TPSA) is 73.4 Å². The fourth-order valence-corrected chi connectivity index (χ4v) is 4.10. The predicted molar refractivity (Wildman–Crippen MR) is 123 cm³/mol. The number of hydrogen-bond donors (Lipinski definition) is 1. The van der Waals surface area contributed by atoms with Gasteiger partial charge in [0.15, 0.2) is 5.69 Å². The van der Waals surface area contributed by atoms with Gasteiger partial charge in [0.2, 0.25) is 5.88 Å². The minimum atomic E-state index is -0.461. The number of piperazine rings is 1. The number of rotatable bonds is 4. The highest BCUT2D eigenvalue weighted by molar-refractivity contribution is 9.10. The van der Waals surface area contributed by atoms with E-state index in [1.807, 2.05) is 22.8 Å². The van der Waals surface area contributed by atoms with Crippen LogP contribution in [0.2, 0.25) is 0 Å². The molecule has 1 aromatic heterocycles. The van der Waals surface area contributed by atoms with Gasteiger partial charge < -0.3 is 10.0 Å². The molecule has 1 amide bonds. The lowest BCUT2D eigenvalue weighted by molar-refractivity contribution is 0.0995. The first-order valence-corrected chi connectivity index (χ1v) is 11.1. The third kappa shape index (κ3) is 4.49. The lowest BCUT2D eigenvalue weighted by Gasteiger charge is -2.32. The van der Waals surface area contributed by atoms with Gasteiger partial charge in [-0.3, -0.25) is 14.3 Å². The maximum absolute atomic E-state index is 12.4. The number of amides is 1. The Labute approximate surface area is 191 Å². The van der Waals surface area contributed by atoms with Gasteiger partial charge in [0, 0.05) is 46.1 Å². The average molecular weight is 535 g/mol. The molecule has 1 N–H and O–H groups in total. The van der Waals surface area contributed by atoms with Crippen molar-refractivity contribution in [3.05, 3.63) is 57.0 Å². The molecule has 0 aliphatic carbocycles. The Bertz CT molecular complexity index is 1100. The van der Waals surface area contributed by atoms with Gasteiger partial charge in [-0.25, -0.2) is 0 Å². The largest absolute Gasteiger partial charge is 0.493 e. The van der Waals surface area contributed by atoms with Crippen molar-refractivity contribution >= 4 is 54.4 Å². The van der Waals surface area contributed by atoms with Crippen LogP contribution in [-0.4, -0.2) is 58.6 Å². The van der Waals surface area contributed by atoms with Crippen LogP contribution in [0.1, 0.15) is 10.4 Å². The summed E-state index contributed by atoms with van der Waals surface area (Å²) in [5.74, 6) is -0.453. The van der Waals surface area contributed by atoms with Crippen molar-refractivity contribution in [2.24, 2.45) is 10.2 Å². The number of carbonyl (C=O) groups excluding carboxylic acids is 1. The summed E-state index contributed by atoms with van der Waals surface area (Å²) in [6, 6.07) is 12.7. The van der Waals surface area contributed by atoms with Crippen LogP contribution in [0.15, 0.2) is 61.6 Å². The lowest BCUT2D eigenvalue weighted by Crippen LogP contribution is -2.44. The van der Waals surface area contributed by atoms with Crippen molar-refractivity contribution in [1.82, 2.24) is 14.4 Å². The zero-order valence-corrected chi connectivity index (χ0v) is 19.6. The summed E-state index contributed by atoms with van der Waals surface area (Å²) in [4.78, 5) is 17.0. The zero-order valence-electron chi connectivity index (χ0n) is 16.4. The van der Waals surface area contributed by atoms with Gasteiger partial charge in [0.05, 0.1) is 12.2 Å². The SMILES string of the molecule is CN1CCN(Cn2c(O)c(N=NC(=O)c3ccc(Br)cc3)c3cc(Br)ccc32)CC1. The summed E-state index contributed by atoms with van der Waals surface area (Å²) in [6.07, 6.45) is 0. The number of hydrogen-bond acceptors (Lipinski definition) is 5. The summed E-state index contributed by atoms with van der Waals surface area (Å²) in [6.45, 7) is 4.36. The normalized spacial score (nSPS) is 16.0. The minimum absolute atomic E-state index is 0.00869. The highest BCUT2D eigenvalue weighted by Gasteiger charge is 2.21. The standard InChI is InChI=1S/C21H21Br2N5O2/c1-26-8-10-27(11-9-26)13-28-18-7-6-16(23)12-17(18)19(21(28)30)24-25-20(29)14-2-4-15(22)5-3-14/h2-7,12,30H,8-11,13H2,1H3. The first kappa shape index (κ1) is 21.2. The van der Waals surface area contributed by atoms with E-state index < -0.39 is 5.91 Å². The second kappa shape index (κ2) is 8.97. The van der Waals surface area contributed by atoms with E-state index in [9.17, 15) is 9.90 Å². The number of aromatic nitrogens is 1. The fraction of sp³-hybridized carbons (Fsp3) is 0.286. The van der Waals surface area contributed by atoms with Crippen molar-refractivity contribution in [2.75, 3.05) is 33.2 Å². The molecule has 2 aromatic carbocycles. The van der Waals surface area contributed by atoms with Gasteiger partial charge in [0.1, 0.15) is 0 Å². The highest BCUT2D eigenvalue weighted by Crippen LogP contribution is 2.40. The van der Waals surface area contributed by atoms with Crippen molar-refractivity contribution in [3.63, 3.8) is 0 Å². The third-order valence-corrected chi connectivity index (χ3v) is 6.26. The quantitative estimate of drug-likeness (QED) is 0.478. The number of aromatic hydroxyl groups is 1. The van der Waals surface area contributed by atoms with Gasteiger partial charge in [-0.15, -0.1) is 10.2 Å². The molecule has 1 aliphatic rings. The van der Waals surface area contributed by atoms with E-state index in [1.54, 1.807) is 24.3 Å². The molecule has 30 heavy (non-hydrogen) atoms. The predicted octanol–water partition coefficient (Wildman–Crippen LogP) is 5.00. The molecule has 0 spiro atoms. The van der Waals surface area contributed by atoms with Gasteiger partial charge >= 0.3 is 0 Å². The van der Waals surface area contributed by atoms with Crippen LogP contribution in [0, 0.1) is 0 Å². The maximum Gasteiger partial charge on any atom is 0.295 e. The van der Waals surface area contributed by atoms with Gasteiger partial charge in [-0.2, -0.15) is 0 Å². The van der Waals surface area contributed by atoms with Crippen LogP contribution < -0.4 is 0 Å². The van der Waals surface area contributed by atoms with Crippen LogP contribution in [0.3, 0.4) is 0 Å². The maximum atomic E-state index is 12.4. The van der Waals surface area contributed by atoms with Crippen molar-refractivity contribution in [3.8, 4) is 5.88 Å². The number of likely N-dealkylation sites (N-methyl/N-ethyl adjacent to an activating group) is 1. The molecular weight excluding hydrogens is 514 g/mol. The molecule has 1 aliphatic heterocycles. The minimum Gasteiger partial charge on any atom is -0.493 e. The smallest absolute Gasteiger partial charge is 0.295 e. The van der Waals surface area contributed by atoms with Crippen LogP contribution >= 0.6 is 31.9 Å². The van der Waals surface area contributed by atoms with E-state index in [1.165, 1.54) is 0 Å². The molecule has 7 nitrogen and oxygen atoms in total. The van der Waals surface area contributed by atoms with Crippen molar-refractivity contribution < 1.29 is 9.90 Å². The van der Waals surface area contributed by atoms with E-state index in [-0.39, 0.29) is 5.88 Å². The summed E-state index contributed by atoms with van der Waals surface area (Å²) in [5, 5.41) is 19.7. The summed E-state index contributed by atoms with van der Waals surface area (Å²) < 4.78 is 3.57. The number of azo groups is 1. The Kier molecular flexibility index (Phi) is 6.33. The van der Waals surface area contributed by atoms with Crippen LogP contribution in [-0.2, 0) is 6.67 Å². The molecule has 0 saturated carbocycles. The van der Waals surface area contributed by atoms with Gasteiger partial charge in [-0.05, 0) is 49.5 Å². The number of carbonyl (C=O) groups is 1. The molecule has 3 aromatic rings. The first-order valence-electron chi connectivity index (χ1n) is 9.55. The second-order valence-electron chi connectivity index (χ2n) is 7.34. The zero-order chi connectivity index (χ0) is 21.3. The summed E-state index contributed by atoms with van der Waals surface area (Å²) in [7, 11) is 2.11. The summed E-state index contributed by atoms with van der Waals surface area (Å²) in [5.41, 5.74) is 1.58. The molecule has 0 bridgehead atoms. The number of halogens is 2. The summed E-state index contributed by atoms with van der Waals surface area (Å²) >= 11 is 6.83. The molecule has 1 saturated heterocycles. The molecule has 0 unspecified atom stereocenters. The molecule has 0 atom stereocenters. The van der Waals surface area contributed by atoms with Crippen molar-refractivity contribution in [2.45, 2.75) is 6.67 Å². The van der Waals surface area contributed by atoms with E-state index in [0.29, 0.717) is 17.9 Å². The van der Waals surface area contributed by atoms with Gasteiger partial charge in [0.25, 0.3) is 5.91 Å². The molecular formula is C21H21Br2N5O2. The van der Waals surface area contributed by atoms with Gasteiger partial charge in [-0.1, -0.05) is 31.9 Å². The number of fused-ring (bicyclic) bond motifs is 1. The Morgan fingerprint density at radius 3 is 2.40 bits per heavy atom. The number of nitrogens with zero attached hydrogens (tertiary/aromatic N) is 5. The molecule has 1 fully saturated rings. The molecule has 2 heterocycles. The second-order valence-corrected chi connectivity index (χ2v) is 9.17. The first-order chi connectivity index (χ1) is 14.4. The van der Waals surface area contributed by atoms with Crippen LogP contribution in [0.25, 0.3) is 10.9 Å². The molecule has 9 heteroatoms. The fourth-order valence-electron chi connectivity index (χ4n) is 3.47. The van der Waals surface area contributed by atoms with Crippen LogP contribution in [0.4, 0.5) is 5.69 Å². The lowest BCUT2D eigenvalue weighted by atomic mass is 10.2. The van der Waals surface area contributed by atoms with E-state index in [2.05, 4.69) is 58.9 Å². The Balaban J connectivity index is 1.67. The highest BCUT2D eigenvalue weighted by atomic mass is 79.9. The van der Waals surface area contributed by atoms with E-state index >= 15 is 0 Å². The van der Waals surface area contributed by atoms with Crippen LogP contribution in [0.5, 0.6) is 5.88 Å². The Hall–Kier alpha value is -2.07. The molecule has 4 rings (SSSR count). The third-order valence-electron chi connectivity index (χ3n) is 5.24. The molecule has 0 radical (unpaired) electrons. The Morgan fingerprint density at radius 2 is 1.70 bits per heavy atom. The van der Waals surface area contributed by atoms with Crippen molar-refractivity contribution in [1.29, 1.82) is 0 Å². The Morgan fingerprint density at radius 1 is 1.03 bits per heavy atom. The van der Waals surface area contributed by atoms with E-state index in [4.69, 9.17) is 0 Å². The van der Waals surface area contributed by atoms with E-state index in [0.717, 1.165) is 46.0 Å². The number of benzene rings is 2.